The topological polar surface area (TPSA) is 86.0 Å². The van der Waals surface area contributed by atoms with E-state index < -0.39 is 19.1 Å². The normalized spacial score (nSPS) is 13.5. The Kier molecular flexibility index (Phi) is 5.42. The molecular formula is C14H16ClO6P. The molecule has 0 fully saturated rings. The number of rotatable bonds is 6. The minimum atomic E-state index is -3.95. The van der Waals surface area contributed by atoms with E-state index in [9.17, 15) is 14.5 Å². The maximum atomic E-state index is 12.6. The summed E-state index contributed by atoms with van der Waals surface area (Å²) < 4.78 is 27.8. The molecule has 2 rings (SSSR count). The molecule has 120 valence electrons. The van der Waals surface area contributed by atoms with Gasteiger partial charge in [0.1, 0.15) is 5.58 Å². The highest BCUT2D eigenvalue weighted by Crippen LogP contribution is 2.60. The monoisotopic (exact) mass is 346 g/mol. The molecule has 8 heteroatoms. The number of benzene rings is 1. The first-order chi connectivity index (χ1) is 10.4. The average Bonchev–Trinajstić information content (AvgIpc) is 2.47. The first kappa shape index (κ1) is 17.2. The van der Waals surface area contributed by atoms with Crippen LogP contribution in [0.3, 0.4) is 0 Å². The van der Waals surface area contributed by atoms with Gasteiger partial charge in [0.15, 0.2) is 5.85 Å². The second kappa shape index (κ2) is 6.94. The average molecular weight is 347 g/mol. The lowest BCUT2D eigenvalue weighted by Crippen LogP contribution is -2.16. The Balaban J connectivity index is 2.63. The van der Waals surface area contributed by atoms with Crippen molar-refractivity contribution in [3.05, 3.63) is 45.3 Å². The number of hydrogen-bond donors (Lipinski definition) is 1. The van der Waals surface area contributed by atoms with Crippen LogP contribution >= 0.6 is 19.2 Å². The van der Waals surface area contributed by atoms with E-state index in [-0.39, 0.29) is 29.4 Å². The lowest BCUT2D eigenvalue weighted by atomic mass is 10.2. The van der Waals surface area contributed by atoms with Crippen molar-refractivity contribution >= 4 is 30.2 Å². The van der Waals surface area contributed by atoms with Crippen molar-refractivity contribution in [1.29, 1.82) is 0 Å². The molecule has 1 aromatic heterocycles. The molecule has 2 aromatic rings. The van der Waals surface area contributed by atoms with Crippen molar-refractivity contribution in [3.8, 4) is 0 Å². The molecule has 0 radical (unpaired) electrons. The number of halogens is 1. The van der Waals surface area contributed by atoms with Crippen LogP contribution in [0.4, 0.5) is 0 Å². The highest BCUT2D eigenvalue weighted by molar-refractivity contribution is 7.54. The molecule has 0 bridgehead atoms. The first-order valence-corrected chi connectivity index (χ1v) is 8.71. The molecular weight excluding hydrogens is 331 g/mol. The smallest absolute Gasteiger partial charge is 0.363 e. The zero-order valence-corrected chi connectivity index (χ0v) is 13.8. The van der Waals surface area contributed by atoms with Crippen LogP contribution < -0.4 is 5.63 Å². The van der Waals surface area contributed by atoms with E-state index >= 15 is 0 Å². The predicted octanol–water partition coefficient (Wildman–Crippen LogP) is 3.70. The number of aliphatic hydroxyl groups excluding tert-OH is 1. The number of hydrogen-bond acceptors (Lipinski definition) is 6. The second-order valence-electron chi connectivity index (χ2n) is 4.36. The third-order valence-corrected chi connectivity index (χ3v) is 5.46. The summed E-state index contributed by atoms with van der Waals surface area (Å²) in [5.74, 6) is -1.82. The summed E-state index contributed by atoms with van der Waals surface area (Å²) in [5, 5.41) is 10.8. The van der Waals surface area contributed by atoms with Crippen LogP contribution in [0.1, 0.15) is 25.3 Å². The Morgan fingerprint density at radius 2 is 1.86 bits per heavy atom. The number of aliphatic hydroxyl groups is 1. The van der Waals surface area contributed by atoms with Gasteiger partial charge in [-0.3, -0.25) is 4.57 Å². The molecule has 0 amide bonds. The Morgan fingerprint density at radius 1 is 1.27 bits per heavy atom. The van der Waals surface area contributed by atoms with Gasteiger partial charge in [-0.2, -0.15) is 0 Å². The fourth-order valence-electron chi connectivity index (χ4n) is 2.04. The standard InChI is InChI=1S/C14H16ClO6P/c1-3-19-22(18,20-4-2)14(17)11-12(15)9-7-5-6-8-10(9)21-13(11)16/h5-8,14,17H,3-4H2,1-2H3. The molecule has 6 nitrogen and oxygen atoms in total. The maximum absolute atomic E-state index is 12.6. The molecule has 0 saturated carbocycles. The van der Waals surface area contributed by atoms with Gasteiger partial charge in [0.2, 0.25) is 0 Å². The Morgan fingerprint density at radius 3 is 2.45 bits per heavy atom. The van der Waals surface area contributed by atoms with Crippen LogP contribution in [-0.4, -0.2) is 18.3 Å². The molecule has 1 N–H and O–H groups in total. The van der Waals surface area contributed by atoms with Gasteiger partial charge in [-0.05, 0) is 26.0 Å². The third-order valence-electron chi connectivity index (χ3n) is 2.96. The van der Waals surface area contributed by atoms with E-state index in [2.05, 4.69) is 0 Å². The SMILES string of the molecule is CCOP(=O)(OCC)C(O)c1c(Cl)c2ccccc2oc1=O. The van der Waals surface area contributed by atoms with Crippen molar-refractivity contribution in [3.63, 3.8) is 0 Å². The van der Waals surface area contributed by atoms with Crippen molar-refractivity contribution in [2.24, 2.45) is 0 Å². The summed E-state index contributed by atoms with van der Waals surface area (Å²) in [6.07, 6.45) is 0. The molecule has 0 saturated heterocycles. The van der Waals surface area contributed by atoms with E-state index in [1.165, 1.54) is 0 Å². The van der Waals surface area contributed by atoms with E-state index in [1.54, 1.807) is 38.1 Å². The number of para-hydroxylation sites is 1. The molecule has 1 unspecified atom stereocenters. The first-order valence-electron chi connectivity index (χ1n) is 6.72. The van der Waals surface area contributed by atoms with Gasteiger partial charge in [0.05, 0.1) is 23.8 Å². The Bertz CT molecular complexity index is 762. The largest absolute Gasteiger partial charge is 0.422 e. The molecule has 1 aromatic carbocycles. The molecule has 1 atom stereocenters. The van der Waals surface area contributed by atoms with E-state index in [0.717, 1.165) is 0 Å². The van der Waals surface area contributed by atoms with Crippen LogP contribution in [0.15, 0.2) is 33.5 Å². The lowest BCUT2D eigenvalue weighted by molar-refractivity contribution is 0.148. The van der Waals surface area contributed by atoms with E-state index in [4.69, 9.17) is 25.1 Å². The minimum Gasteiger partial charge on any atom is -0.422 e. The van der Waals surface area contributed by atoms with Crippen molar-refractivity contribution < 1.29 is 23.1 Å². The summed E-state index contributed by atoms with van der Waals surface area (Å²) in [5.41, 5.74) is -0.933. The summed E-state index contributed by atoms with van der Waals surface area (Å²) in [6.45, 7) is 3.29. The predicted molar refractivity (Wildman–Crippen MR) is 83.3 cm³/mol. The maximum Gasteiger partial charge on any atom is 0.363 e. The van der Waals surface area contributed by atoms with Crippen molar-refractivity contribution in [2.75, 3.05) is 13.2 Å². The highest BCUT2D eigenvalue weighted by atomic mass is 35.5. The van der Waals surface area contributed by atoms with Gasteiger partial charge < -0.3 is 18.6 Å². The van der Waals surface area contributed by atoms with E-state index in [1.807, 2.05) is 0 Å². The zero-order valence-electron chi connectivity index (χ0n) is 12.1. The van der Waals surface area contributed by atoms with Gasteiger partial charge in [-0.1, -0.05) is 23.7 Å². The number of fused-ring (bicyclic) bond motifs is 1. The summed E-state index contributed by atoms with van der Waals surface area (Å²) >= 11 is 6.20. The Labute approximate surface area is 132 Å². The summed E-state index contributed by atoms with van der Waals surface area (Å²) in [4.78, 5) is 12.1. The van der Waals surface area contributed by atoms with E-state index in [0.29, 0.717) is 5.39 Å². The fraction of sp³-hybridized carbons (Fsp3) is 0.357. The molecule has 0 spiro atoms. The van der Waals surface area contributed by atoms with Crippen molar-refractivity contribution in [1.82, 2.24) is 0 Å². The van der Waals surface area contributed by atoms with Gasteiger partial charge in [-0.15, -0.1) is 0 Å². The fourth-order valence-corrected chi connectivity index (χ4v) is 4.08. The van der Waals surface area contributed by atoms with Gasteiger partial charge in [0.25, 0.3) is 0 Å². The van der Waals surface area contributed by atoms with Crippen LogP contribution in [0, 0.1) is 0 Å². The van der Waals surface area contributed by atoms with Gasteiger partial charge >= 0.3 is 13.2 Å². The van der Waals surface area contributed by atoms with Crippen LogP contribution in [0.25, 0.3) is 11.0 Å². The summed E-state index contributed by atoms with van der Waals surface area (Å²) in [7, 11) is -3.95. The molecule has 0 aliphatic heterocycles. The van der Waals surface area contributed by atoms with Gasteiger partial charge in [-0.25, -0.2) is 4.79 Å². The second-order valence-corrected chi connectivity index (χ2v) is 6.83. The van der Waals surface area contributed by atoms with Crippen LogP contribution in [0.2, 0.25) is 5.02 Å². The van der Waals surface area contributed by atoms with Gasteiger partial charge in [0, 0.05) is 5.39 Å². The summed E-state index contributed by atoms with van der Waals surface area (Å²) in [6, 6.07) is 6.59. The van der Waals surface area contributed by atoms with Crippen LogP contribution in [-0.2, 0) is 13.6 Å². The Hall–Kier alpha value is -1.17. The lowest BCUT2D eigenvalue weighted by Gasteiger charge is -2.22. The zero-order chi connectivity index (χ0) is 16.3. The molecule has 22 heavy (non-hydrogen) atoms. The minimum absolute atomic E-state index is 0.0287. The molecule has 1 heterocycles. The molecule has 0 aliphatic rings. The quantitative estimate of drug-likeness (QED) is 0.634. The van der Waals surface area contributed by atoms with Crippen LogP contribution in [0.5, 0.6) is 0 Å². The molecule has 0 aliphatic carbocycles. The highest BCUT2D eigenvalue weighted by Gasteiger charge is 2.39. The third kappa shape index (κ3) is 3.12. The van der Waals surface area contributed by atoms with Crippen molar-refractivity contribution in [2.45, 2.75) is 19.7 Å².